The number of ether oxygens (including phenoxy) is 1. The Labute approximate surface area is 171 Å². The average molecular weight is 449 g/mol. The minimum Gasteiger partial charge on any atom is -0.508 e. The molecular weight excluding hydrogens is 430 g/mol. The molecule has 0 bridgehead atoms. The number of hydrogen-bond donors (Lipinski definition) is 3. The van der Waals surface area contributed by atoms with Crippen LogP contribution in [0.15, 0.2) is 71.2 Å². The lowest BCUT2D eigenvalue weighted by atomic mass is 10.1. The van der Waals surface area contributed by atoms with Crippen LogP contribution < -0.4 is 10.1 Å². The minimum absolute atomic E-state index is 0.170. The molecule has 0 saturated carbocycles. The lowest BCUT2D eigenvalue weighted by Crippen LogP contribution is -2.13. The molecule has 0 aliphatic carbocycles. The SMILES string of the molecule is Oc1cccc(NCC(O)c2cc(Br)ccc2OCc2ccc(Cl)cc2)c1. The number of nitrogens with one attached hydrogen (secondary N) is 1. The van der Waals surface area contributed by atoms with Crippen molar-refractivity contribution >= 4 is 33.2 Å². The van der Waals surface area contributed by atoms with Crippen LogP contribution in [0.4, 0.5) is 5.69 Å². The van der Waals surface area contributed by atoms with Crippen molar-refractivity contribution in [2.75, 3.05) is 11.9 Å². The molecule has 0 saturated heterocycles. The first-order valence-electron chi connectivity index (χ1n) is 8.39. The number of halogens is 2. The number of hydrogen-bond acceptors (Lipinski definition) is 4. The molecule has 140 valence electrons. The highest BCUT2D eigenvalue weighted by atomic mass is 79.9. The third-order valence-corrected chi connectivity index (χ3v) is 4.73. The number of aliphatic hydroxyl groups excluding tert-OH is 1. The van der Waals surface area contributed by atoms with Gasteiger partial charge in [0.15, 0.2) is 0 Å². The van der Waals surface area contributed by atoms with Gasteiger partial charge in [0.1, 0.15) is 18.1 Å². The maximum Gasteiger partial charge on any atom is 0.125 e. The van der Waals surface area contributed by atoms with Gasteiger partial charge in [-0.05, 0) is 48.0 Å². The highest BCUT2D eigenvalue weighted by Crippen LogP contribution is 2.30. The van der Waals surface area contributed by atoms with Crippen LogP contribution in [0.5, 0.6) is 11.5 Å². The highest BCUT2D eigenvalue weighted by Gasteiger charge is 2.15. The molecule has 4 nitrogen and oxygen atoms in total. The maximum atomic E-state index is 10.6. The average Bonchev–Trinajstić information content (AvgIpc) is 2.66. The number of aromatic hydroxyl groups is 1. The Morgan fingerprint density at radius 3 is 2.56 bits per heavy atom. The summed E-state index contributed by atoms with van der Waals surface area (Å²) >= 11 is 9.35. The predicted molar refractivity (Wildman–Crippen MR) is 111 cm³/mol. The fourth-order valence-electron chi connectivity index (χ4n) is 2.59. The van der Waals surface area contributed by atoms with E-state index in [0.717, 1.165) is 15.7 Å². The molecule has 0 heterocycles. The highest BCUT2D eigenvalue weighted by molar-refractivity contribution is 9.10. The van der Waals surface area contributed by atoms with Crippen LogP contribution in [0.2, 0.25) is 5.02 Å². The van der Waals surface area contributed by atoms with E-state index in [-0.39, 0.29) is 12.3 Å². The third-order valence-electron chi connectivity index (χ3n) is 3.98. The van der Waals surface area contributed by atoms with Gasteiger partial charge < -0.3 is 20.3 Å². The van der Waals surface area contributed by atoms with E-state index in [1.807, 2.05) is 48.5 Å². The summed E-state index contributed by atoms with van der Waals surface area (Å²) in [4.78, 5) is 0. The molecule has 0 fully saturated rings. The van der Waals surface area contributed by atoms with Gasteiger partial charge in [0, 0.05) is 33.4 Å². The normalized spacial score (nSPS) is 11.8. The first-order chi connectivity index (χ1) is 13.0. The number of phenols is 1. The van der Waals surface area contributed by atoms with Crippen LogP contribution in [0.1, 0.15) is 17.2 Å². The van der Waals surface area contributed by atoms with E-state index in [4.69, 9.17) is 16.3 Å². The summed E-state index contributed by atoms with van der Waals surface area (Å²) in [6.07, 6.45) is -0.787. The van der Waals surface area contributed by atoms with Gasteiger partial charge in [-0.1, -0.05) is 45.7 Å². The zero-order valence-corrected chi connectivity index (χ0v) is 16.7. The quantitative estimate of drug-likeness (QED) is 0.444. The maximum absolute atomic E-state index is 10.6. The number of benzene rings is 3. The van der Waals surface area contributed by atoms with Crippen molar-refractivity contribution in [1.82, 2.24) is 0 Å². The fourth-order valence-corrected chi connectivity index (χ4v) is 3.10. The van der Waals surface area contributed by atoms with Crippen molar-refractivity contribution in [2.24, 2.45) is 0 Å². The second-order valence-corrected chi connectivity index (χ2v) is 7.40. The molecule has 3 aromatic carbocycles. The van der Waals surface area contributed by atoms with Gasteiger partial charge in [-0.3, -0.25) is 0 Å². The Morgan fingerprint density at radius 2 is 1.81 bits per heavy atom. The summed E-state index contributed by atoms with van der Waals surface area (Å²) in [7, 11) is 0. The number of anilines is 1. The van der Waals surface area contributed by atoms with Gasteiger partial charge in [0.25, 0.3) is 0 Å². The number of rotatable bonds is 7. The molecular formula is C21H19BrClNO3. The Morgan fingerprint density at radius 1 is 1.04 bits per heavy atom. The lowest BCUT2D eigenvalue weighted by molar-refractivity contribution is 0.183. The molecule has 1 atom stereocenters. The largest absolute Gasteiger partial charge is 0.508 e. The first kappa shape index (κ1) is 19.5. The number of phenolic OH excluding ortho intramolecular Hbond substituents is 1. The first-order valence-corrected chi connectivity index (χ1v) is 9.56. The van der Waals surface area contributed by atoms with Crippen molar-refractivity contribution in [2.45, 2.75) is 12.7 Å². The van der Waals surface area contributed by atoms with E-state index in [1.54, 1.807) is 18.2 Å². The molecule has 1 unspecified atom stereocenters. The van der Waals surface area contributed by atoms with Crippen molar-refractivity contribution in [3.05, 3.63) is 87.4 Å². The summed E-state index contributed by atoms with van der Waals surface area (Å²) in [5.41, 5.74) is 2.39. The third kappa shape index (κ3) is 5.63. The fraction of sp³-hybridized carbons (Fsp3) is 0.143. The van der Waals surface area contributed by atoms with Crippen LogP contribution in [0, 0.1) is 0 Å². The van der Waals surface area contributed by atoms with Crippen LogP contribution >= 0.6 is 27.5 Å². The van der Waals surface area contributed by atoms with Gasteiger partial charge in [0.2, 0.25) is 0 Å². The molecule has 0 radical (unpaired) electrons. The molecule has 27 heavy (non-hydrogen) atoms. The van der Waals surface area contributed by atoms with E-state index < -0.39 is 6.10 Å². The summed E-state index contributed by atoms with van der Waals surface area (Å²) in [5, 5.41) is 24.0. The Kier molecular flexibility index (Phi) is 6.61. The molecule has 6 heteroatoms. The summed E-state index contributed by atoms with van der Waals surface area (Å²) in [6.45, 7) is 0.649. The molecule has 0 aromatic heterocycles. The van der Waals surface area contributed by atoms with Gasteiger partial charge >= 0.3 is 0 Å². The van der Waals surface area contributed by atoms with Crippen LogP contribution in [-0.4, -0.2) is 16.8 Å². The Bertz CT molecular complexity index is 902. The van der Waals surface area contributed by atoms with Crippen molar-refractivity contribution in [3.8, 4) is 11.5 Å². The smallest absolute Gasteiger partial charge is 0.125 e. The molecule has 3 aromatic rings. The minimum atomic E-state index is -0.787. The molecule has 0 aliphatic rings. The summed E-state index contributed by atoms with van der Waals surface area (Å²) in [6, 6.07) is 19.7. The molecule has 0 amide bonds. The summed E-state index contributed by atoms with van der Waals surface area (Å²) < 4.78 is 6.77. The van der Waals surface area contributed by atoms with E-state index >= 15 is 0 Å². The van der Waals surface area contributed by atoms with Crippen molar-refractivity contribution in [3.63, 3.8) is 0 Å². The standard InChI is InChI=1S/C21H19BrClNO3/c22-15-6-9-21(27-13-14-4-7-16(23)8-5-14)19(10-15)20(26)12-24-17-2-1-3-18(25)11-17/h1-11,20,24-26H,12-13H2. The molecule has 3 rings (SSSR count). The van der Waals surface area contributed by atoms with Crippen LogP contribution in [0.25, 0.3) is 0 Å². The van der Waals surface area contributed by atoms with E-state index in [1.165, 1.54) is 0 Å². The number of aliphatic hydroxyl groups is 1. The van der Waals surface area contributed by atoms with E-state index in [0.29, 0.717) is 22.9 Å². The Balaban J connectivity index is 1.69. The molecule has 3 N–H and O–H groups in total. The zero-order chi connectivity index (χ0) is 19.2. The van der Waals surface area contributed by atoms with Gasteiger partial charge in [0.05, 0.1) is 6.10 Å². The predicted octanol–water partition coefficient (Wildman–Crippen LogP) is 5.53. The second kappa shape index (κ2) is 9.13. The van der Waals surface area contributed by atoms with E-state index in [9.17, 15) is 10.2 Å². The topological polar surface area (TPSA) is 61.7 Å². The van der Waals surface area contributed by atoms with Gasteiger partial charge in [-0.2, -0.15) is 0 Å². The summed E-state index contributed by atoms with van der Waals surface area (Å²) in [5.74, 6) is 0.780. The molecule has 0 aliphatic heterocycles. The van der Waals surface area contributed by atoms with Crippen molar-refractivity contribution in [1.29, 1.82) is 0 Å². The molecule has 0 spiro atoms. The van der Waals surface area contributed by atoms with Crippen LogP contribution in [0.3, 0.4) is 0 Å². The van der Waals surface area contributed by atoms with Gasteiger partial charge in [-0.15, -0.1) is 0 Å². The lowest BCUT2D eigenvalue weighted by Gasteiger charge is -2.18. The van der Waals surface area contributed by atoms with Crippen molar-refractivity contribution < 1.29 is 14.9 Å². The Hall–Kier alpha value is -2.21. The van der Waals surface area contributed by atoms with Gasteiger partial charge in [-0.25, -0.2) is 0 Å². The zero-order valence-electron chi connectivity index (χ0n) is 14.4. The van der Waals surface area contributed by atoms with Crippen LogP contribution in [-0.2, 0) is 6.61 Å². The second-order valence-electron chi connectivity index (χ2n) is 6.04. The van der Waals surface area contributed by atoms with E-state index in [2.05, 4.69) is 21.2 Å². The monoisotopic (exact) mass is 447 g/mol.